The maximum atomic E-state index is 12.0. The third kappa shape index (κ3) is 4.04. The average Bonchev–Trinajstić information content (AvgIpc) is 2.96. The van der Waals surface area contributed by atoms with Gasteiger partial charge in [-0.2, -0.15) is 0 Å². The van der Waals surface area contributed by atoms with E-state index in [9.17, 15) is 4.79 Å². The Balaban J connectivity index is 0.00000176. The number of amides is 1. The van der Waals surface area contributed by atoms with Gasteiger partial charge < -0.3 is 15.4 Å². The topological polar surface area (TPSA) is 63.2 Å². The number of aryl methyl sites for hydroxylation is 1. The van der Waals surface area contributed by atoms with Gasteiger partial charge in [-0.1, -0.05) is 12.1 Å². The minimum atomic E-state index is -0.178. The molecular formula is C15H18ClN3O2S. The highest BCUT2D eigenvalue weighted by Gasteiger charge is 2.15. The number of nitrogens with zero attached hydrogens (tertiary/aromatic N) is 1. The predicted octanol–water partition coefficient (Wildman–Crippen LogP) is 2.79. The maximum absolute atomic E-state index is 12.0. The van der Waals surface area contributed by atoms with Crippen molar-refractivity contribution in [3.63, 3.8) is 0 Å². The number of benzene rings is 1. The Morgan fingerprint density at radius 2 is 2.18 bits per heavy atom. The van der Waals surface area contributed by atoms with Crippen LogP contribution in [0, 0.1) is 6.92 Å². The van der Waals surface area contributed by atoms with Crippen LogP contribution in [0.3, 0.4) is 0 Å². The van der Waals surface area contributed by atoms with Crippen LogP contribution in [0.5, 0.6) is 0 Å². The summed E-state index contributed by atoms with van der Waals surface area (Å²) >= 11 is 1.47. The van der Waals surface area contributed by atoms with Crippen LogP contribution < -0.4 is 10.6 Å². The Labute approximate surface area is 139 Å². The summed E-state index contributed by atoms with van der Waals surface area (Å²) in [5.41, 5.74) is 2.34. The first kappa shape index (κ1) is 16.9. The van der Waals surface area contributed by atoms with Crippen molar-refractivity contribution < 1.29 is 9.53 Å². The number of carbonyl (C=O) groups is 1. The molecule has 0 radical (unpaired) electrons. The number of hydrogen-bond donors (Lipinski definition) is 2. The van der Waals surface area contributed by atoms with E-state index in [1.807, 2.05) is 31.2 Å². The molecule has 2 aromatic rings. The lowest BCUT2D eigenvalue weighted by atomic mass is 10.1. The first-order valence-electron chi connectivity index (χ1n) is 6.88. The molecule has 1 aliphatic heterocycles. The van der Waals surface area contributed by atoms with Gasteiger partial charge in [-0.15, -0.1) is 23.7 Å². The second kappa shape index (κ2) is 7.69. The third-order valence-electron chi connectivity index (χ3n) is 3.32. The highest BCUT2D eigenvalue weighted by molar-refractivity contribution is 7.09. The summed E-state index contributed by atoms with van der Waals surface area (Å²) in [6, 6.07) is 7.76. The Bertz CT molecular complexity index is 624. The molecule has 2 heterocycles. The molecular weight excluding hydrogens is 322 g/mol. The molecule has 7 heteroatoms. The number of ether oxygens (including phenoxy) is 1. The van der Waals surface area contributed by atoms with Crippen LogP contribution >= 0.6 is 23.7 Å². The van der Waals surface area contributed by atoms with Gasteiger partial charge in [-0.05, 0) is 24.6 Å². The van der Waals surface area contributed by atoms with Gasteiger partial charge in [0.1, 0.15) is 5.69 Å². The van der Waals surface area contributed by atoms with E-state index >= 15 is 0 Å². The standard InChI is InChI=1S/C15H17N3O2S.ClH/c1-10-17-13(9-21-10)15(19)18-12-4-2-11(3-5-12)14-8-16-6-7-20-14;/h2-5,9,14,16H,6-8H2,1H3,(H,18,19);1H. The molecule has 0 bridgehead atoms. The quantitative estimate of drug-likeness (QED) is 0.902. The minimum Gasteiger partial charge on any atom is -0.371 e. The predicted molar refractivity (Wildman–Crippen MR) is 90.1 cm³/mol. The Morgan fingerprint density at radius 3 is 2.77 bits per heavy atom. The van der Waals surface area contributed by atoms with Crippen molar-refractivity contribution in [1.29, 1.82) is 0 Å². The van der Waals surface area contributed by atoms with Gasteiger partial charge in [0.2, 0.25) is 0 Å². The largest absolute Gasteiger partial charge is 0.371 e. The molecule has 0 spiro atoms. The first-order chi connectivity index (χ1) is 10.2. The van der Waals surface area contributed by atoms with Crippen molar-refractivity contribution in [3.8, 4) is 0 Å². The summed E-state index contributed by atoms with van der Waals surface area (Å²) < 4.78 is 5.70. The molecule has 1 aromatic carbocycles. The smallest absolute Gasteiger partial charge is 0.275 e. The van der Waals surface area contributed by atoms with Gasteiger partial charge in [-0.3, -0.25) is 4.79 Å². The molecule has 1 saturated heterocycles. The van der Waals surface area contributed by atoms with Crippen LogP contribution in [0.2, 0.25) is 0 Å². The van der Waals surface area contributed by atoms with E-state index in [4.69, 9.17) is 4.74 Å². The lowest BCUT2D eigenvalue weighted by Crippen LogP contribution is -2.33. The monoisotopic (exact) mass is 339 g/mol. The van der Waals surface area contributed by atoms with Crippen LogP contribution in [0.1, 0.15) is 27.2 Å². The average molecular weight is 340 g/mol. The van der Waals surface area contributed by atoms with E-state index in [1.165, 1.54) is 11.3 Å². The number of anilines is 1. The van der Waals surface area contributed by atoms with Crippen molar-refractivity contribution in [3.05, 3.63) is 45.9 Å². The number of rotatable bonds is 3. The van der Waals surface area contributed by atoms with Gasteiger partial charge in [0.25, 0.3) is 5.91 Å². The zero-order valence-electron chi connectivity index (χ0n) is 12.2. The van der Waals surface area contributed by atoms with E-state index in [2.05, 4.69) is 15.6 Å². The number of carbonyl (C=O) groups excluding carboxylic acids is 1. The molecule has 1 fully saturated rings. The summed E-state index contributed by atoms with van der Waals surface area (Å²) in [7, 11) is 0. The Kier molecular flexibility index (Phi) is 5.90. The lowest BCUT2D eigenvalue weighted by Gasteiger charge is -2.24. The SMILES string of the molecule is Cc1nc(C(=O)Nc2ccc(C3CNCCO3)cc2)cs1.Cl. The molecule has 1 atom stereocenters. The molecule has 1 aromatic heterocycles. The first-order valence-corrected chi connectivity index (χ1v) is 7.76. The van der Waals surface area contributed by atoms with E-state index in [0.29, 0.717) is 5.69 Å². The molecule has 0 aliphatic carbocycles. The molecule has 5 nitrogen and oxygen atoms in total. The minimum absolute atomic E-state index is 0. The number of morpholine rings is 1. The molecule has 2 N–H and O–H groups in total. The highest BCUT2D eigenvalue weighted by atomic mass is 35.5. The molecule has 1 amide bonds. The molecule has 1 unspecified atom stereocenters. The molecule has 118 valence electrons. The normalized spacial score (nSPS) is 17.6. The van der Waals surface area contributed by atoms with E-state index in [1.54, 1.807) is 5.38 Å². The van der Waals surface area contributed by atoms with Crippen molar-refractivity contribution in [1.82, 2.24) is 10.3 Å². The van der Waals surface area contributed by atoms with Crippen LogP contribution in [0.25, 0.3) is 0 Å². The van der Waals surface area contributed by atoms with Gasteiger partial charge >= 0.3 is 0 Å². The third-order valence-corrected chi connectivity index (χ3v) is 4.09. The summed E-state index contributed by atoms with van der Waals surface area (Å²) in [5.74, 6) is -0.178. The van der Waals surface area contributed by atoms with Crippen molar-refractivity contribution in [2.75, 3.05) is 25.0 Å². The number of nitrogens with one attached hydrogen (secondary N) is 2. The zero-order valence-corrected chi connectivity index (χ0v) is 13.8. The fourth-order valence-electron chi connectivity index (χ4n) is 2.22. The summed E-state index contributed by atoms with van der Waals surface area (Å²) in [6.07, 6.45) is 0.0877. The zero-order chi connectivity index (χ0) is 14.7. The van der Waals surface area contributed by atoms with Gasteiger partial charge in [0.15, 0.2) is 0 Å². The fraction of sp³-hybridized carbons (Fsp3) is 0.333. The van der Waals surface area contributed by atoms with Gasteiger partial charge in [0.05, 0.1) is 17.7 Å². The van der Waals surface area contributed by atoms with Crippen LogP contribution in [0.4, 0.5) is 5.69 Å². The highest BCUT2D eigenvalue weighted by Crippen LogP contribution is 2.21. The van der Waals surface area contributed by atoms with Gasteiger partial charge in [-0.25, -0.2) is 4.98 Å². The molecule has 0 saturated carbocycles. The van der Waals surface area contributed by atoms with Gasteiger partial charge in [0, 0.05) is 24.2 Å². The van der Waals surface area contributed by atoms with Crippen molar-refractivity contribution >= 4 is 35.3 Å². The second-order valence-corrected chi connectivity index (χ2v) is 5.95. The summed E-state index contributed by atoms with van der Waals surface area (Å²) in [6.45, 7) is 4.34. The summed E-state index contributed by atoms with van der Waals surface area (Å²) in [4.78, 5) is 16.2. The van der Waals surface area contributed by atoms with Crippen LogP contribution in [0.15, 0.2) is 29.6 Å². The van der Waals surface area contributed by atoms with E-state index in [0.717, 1.165) is 36.0 Å². The fourth-order valence-corrected chi connectivity index (χ4v) is 2.82. The van der Waals surface area contributed by atoms with Crippen LogP contribution in [-0.4, -0.2) is 30.6 Å². The molecule has 3 rings (SSSR count). The number of halogens is 1. The number of aromatic nitrogens is 1. The molecule has 1 aliphatic rings. The Hall–Kier alpha value is -1.47. The van der Waals surface area contributed by atoms with Crippen LogP contribution in [-0.2, 0) is 4.74 Å². The lowest BCUT2D eigenvalue weighted by molar-refractivity contribution is 0.0277. The molecule has 22 heavy (non-hydrogen) atoms. The number of hydrogen-bond acceptors (Lipinski definition) is 5. The number of thiazole rings is 1. The summed E-state index contributed by atoms with van der Waals surface area (Å²) in [5, 5.41) is 8.80. The second-order valence-electron chi connectivity index (χ2n) is 4.89. The van der Waals surface area contributed by atoms with E-state index in [-0.39, 0.29) is 24.4 Å². The van der Waals surface area contributed by atoms with E-state index < -0.39 is 0 Å². The van der Waals surface area contributed by atoms with Crippen molar-refractivity contribution in [2.24, 2.45) is 0 Å². The van der Waals surface area contributed by atoms with Crippen molar-refractivity contribution in [2.45, 2.75) is 13.0 Å². The maximum Gasteiger partial charge on any atom is 0.275 e. The Morgan fingerprint density at radius 1 is 1.41 bits per heavy atom.